The van der Waals surface area contributed by atoms with Crippen LogP contribution in [0.15, 0.2) is 30.6 Å². The molecule has 3 heterocycles. The van der Waals surface area contributed by atoms with Crippen molar-refractivity contribution in [1.82, 2.24) is 19.9 Å². The van der Waals surface area contributed by atoms with Crippen LogP contribution < -0.4 is 5.32 Å². The fourth-order valence-electron chi connectivity index (χ4n) is 2.94. The second kappa shape index (κ2) is 7.27. The minimum absolute atomic E-state index is 0.115. The molecule has 1 amide bonds. The Balaban J connectivity index is 1.72. The SMILES string of the molecule is Cc1nc(NC2CCCN2C(=O)OC(C)(C)C)ccc1-c1ncccn1. The number of carbonyl (C=O) groups excluding carboxylic acids is 1. The summed E-state index contributed by atoms with van der Waals surface area (Å²) < 4.78 is 5.50. The molecule has 2 aromatic rings. The van der Waals surface area contributed by atoms with E-state index in [1.807, 2.05) is 39.8 Å². The number of aromatic nitrogens is 3. The first-order valence-electron chi connectivity index (χ1n) is 8.85. The van der Waals surface area contributed by atoms with Crippen molar-refractivity contribution < 1.29 is 9.53 Å². The zero-order chi connectivity index (χ0) is 18.7. The van der Waals surface area contributed by atoms with Crippen molar-refractivity contribution in [2.45, 2.75) is 52.3 Å². The van der Waals surface area contributed by atoms with Crippen LogP contribution in [0.5, 0.6) is 0 Å². The van der Waals surface area contributed by atoms with E-state index in [1.165, 1.54) is 0 Å². The van der Waals surface area contributed by atoms with Crippen LogP contribution in [0.2, 0.25) is 0 Å². The first kappa shape index (κ1) is 18.1. The van der Waals surface area contributed by atoms with Crippen LogP contribution in [0.4, 0.5) is 10.6 Å². The molecule has 7 heteroatoms. The normalized spacial score (nSPS) is 17.2. The number of anilines is 1. The van der Waals surface area contributed by atoms with Gasteiger partial charge >= 0.3 is 6.09 Å². The average molecular weight is 355 g/mol. The topological polar surface area (TPSA) is 80.2 Å². The van der Waals surface area contributed by atoms with Gasteiger partial charge in [0.1, 0.15) is 17.6 Å². The molecule has 0 spiro atoms. The van der Waals surface area contributed by atoms with Gasteiger partial charge in [0.15, 0.2) is 5.82 Å². The van der Waals surface area contributed by atoms with Crippen molar-refractivity contribution in [2.24, 2.45) is 0 Å². The number of pyridine rings is 1. The van der Waals surface area contributed by atoms with E-state index in [2.05, 4.69) is 20.3 Å². The molecule has 1 atom stereocenters. The Morgan fingerprint density at radius 1 is 1.27 bits per heavy atom. The van der Waals surface area contributed by atoms with Crippen LogP contribution in [0.1, 0.15) is 39.3 Å². The zero-order valence-electron chi connectivity index (χ0n) is 15.7. The average Bonchev–Trinajstić information content (AvgIpc) is 3.02. The van der Waals surface area contributed by atoms with Crippen LogP contribution >= 0.6 is 0 Å². The van der Waals surface area contributed by atoms with Crippen molar-refractivity contribution in [3.8, 4) is 11.4 Å². The highest BCUT2D eigenvalue weighted by atomic mass is 16.6. The summed E-state index contributed by atoms with van der Waals surface area (Å²) in [7, 11) is 0. The van der Waals surface area contributed by atoms with E-state index in [1.54, 1.807) is 23.4 Å². The summed E-state index contributed by atoms with van der Waals surface area (Å²) >= 11 is 0. The van der Waals surface area contributed by atoms with Gasteiger partial charge in [-0.25, -0.2) is 19.7 Å². The lowest BCUT2D eigenvalue weighted by Gasteiger charge is -2.29. The molecule has 1 aliphatic heterocycles. The summed E-state index contributed by atoms with van der Waals surface area (Å²) in [6.45, 7) is 8.23. The third-order valence-electron chi connectivity index (χ3n) is 4.09. The Hall–Kier alpha value is -2.70. The molecule has 3 rings (SSSR count). The summed E-state index contributed by atoms with van der Waals surface area (Å²) in [5.41, 5.74) is 1.23. The second-order valence-electron chi connectivity index (χ2n) is 7.38. The fraction of sp³-hybridized carbons (Fsp3) is 0.474. The maximum atomic E-state index is 12.4. The van der Waals surface area contributed by atoms with Crippen LogP contribution in [0.3, 0.4) is 0 Å². The summed E-state index contributed by atoms with van der Waals surface area (Å²) in [5, 5.41) is 3.35. The number of aryl methyl sites for hydroxylation is 1. The van der Waals surface area contributed by atoms with Gasteiger partial charge in [-0.2, -0.15) is 0 Å². The maximum absolute atomic E-state index is 12.4. The molecule has 138 valence electrons. The van der Waals surface area contributed by atoms with E-state index in [0.29, 0.717) is 12.4 Å². The van der Waals surface area contributed by atoms with Crippen molar-refractivity contribution in [1.29, 1.82) is 0 Å². The molecule has 1 unspecified atom stereocenters. The van der Waals surface area contributed by atoms with Gasteiger partial charge in [-0.1, -0.05) is 0 Å². The Morgan fingerprint density at radius 3 is 2.65 bits per heavy atom. The molecule has 26 heavy (non-hydrogen) atoms. The molecule has 1 saturated heterocycles. The maximum Gasteiger partial charge on any atom is 0.411 e. The number of ether oxygens (including phenoxy) is 1. The first-order chi connectivity index (χ1) is 12.3. The number of hydrogen-bond donors (Lipinski definition) is 1. The van der Waals surface area contributed by atoms with E-state index in [0.717, 1.165) is 29.9 Å². The highest BCUT2D eigenvalue weighted by Crippen LogP contribution is 2.24. The van der Waals surface area contributed by atoms with Gasteiger partial charge in [-0.15, -0.1) is 0 Å². The Kier molecular flexibility index (Phi) is 5.06. The van der Waals surface area contributed by atoms with E-state index in [4.69, 9.17) is 4.74 Å². The Morgan fingerprint density at radius 2 is 2.00 bits per heavy atom. The summed E-state index contributed by atoms with van der Waals surface area (Å²) in [5.74, 6) is 1.38. The lowest BCUT2D eigenvalue weighted by molar-refractivity contribution is 0.0244. The molecular weight excluding hydrogens is 330 g/mol. The number of nitrogens with zero attached hydrogens (tertiary/aromatic N) is 4. The number of hydrogen-bond acceptors (Lipinski definition) is 6. The molecule has 1 fully saturated rings. The van der Waals surface area contributed by atoms with Gasteiger partial charge in [0.25, 0.3) is 0 Å². The summed E-state index contributed by atoms with van der Waals surface area (Å²) in [6, 6.07) is 5.63. The monoisotopic (exact) mass is 355 g/mol. The second-order valence-corrected chi connectivity index (χ2v) is 7.38. The van der Waals surface area contributed by atoms with Crippen LogP contribution in [-0.2, 0) is 4.74 Å². The van der Waals surface area contributed by atoms with Crippen molar-refractivity contribution in [3.05, 3.63) is 36.3 Å². The largest absolute Gasteiger partial charge is 0.444 e. The molecule has 0 saturated carbocycles. The minimum Gasteiger partial charge on any atom is -0.444 e. The molecule has 2 aromatic heterocycles. The summed E-state index contributed by atoms with van der Waals surface area (Å²) in [4.78, 5) is 27.3. The third-order valence-corrected chi connectivity index (χ3v) is 4.09. The van der Waals surface area contributed by atoms with Crippen molar-refractivity contribution >= 4 is 11.9 Å². The number of nitrogens with one attached hydrogen (secondary N) is 1. The summed E-state index contributed by atoms with van der Waals surface area (Å²) in [6.07, 6.45) is 4.82. The number of rotatable bonds is 3. The number of likely N-dealkylation sites (tertiary alicyclic amines) is 1. The molecule has 7 nitrogen and oxygen atoms in total. The molecular formula is C19H25N5O2. The number of amides is 1. The van der Waals surface area contributed by atoms with Gasteiger partial charge in [0.2, 0.25) is 0 Å². The highest BCUT2D eigenvalue weighted by Gasteiger charge is 2.32. The lowest BCUT2D eigenvalue weighted by atomic mass is 10.2. The Bertz CT molecular complexity index is 773. The van der Waals surface area contributed by atoms with E-state index >= 15 is 0 Å². The molecule has 0 aliphatic carbocycles. The lowest BCUT2D eigenvalue weighted by Crippen LogP contribution is -2.43. The van der Waals surface area contributed by atoms with Crippen LogP contribution in [0, 0.1) is 6.92 Å². The quantitative estimate of drug-likeness (QED) is 0.906. The van der Waals surface area contributed by atoms with Gasteiger partial charge < -0.3 is 10.1 Å². The van der Waals surface area contributed by atoms with Gasteiger partial charge in [0, 0.05) is 24.5 Å². The van der Waals surface area contributed by atoms with E-state index in [-0.39, 0.29) is 12.3 Å². The van der Waals surface area contributed by atoms with E-state index in [9.17, 15) is 4.79 Å². The van der Waals surface area contributed by atoms with Crippen LogP contribution in [-0.4, -0.2) is 44.3 Å². The number of carbonyl (C=O) groups is 1. The van der Waals surface area contributed by atoms with E-state index < -0.39 is 5.60 Å². The van der Waals surface area contributed by atoms with Crippen LogP contribution in [0.25, 0.3) is 11.4 Å². The molecule has 1 N–H and O–H groups in total. The smallest absolute Gasteiger partial charge is 0.411 e. The van der Waals surface area contributed by atoms with Gasteiger partial charge in [-0.3, -0.25) is 4.90 Å². The van der Waals surface area contributed by atoms with Gasteiger partial charge in [0.05, 0.1) is 5.69 Å². The molecule has 0 radical (unpaired) electrons. The predicted molar refractivity (Wildman–Crippen MR) is 99.6 cm³/mol. The zero-order valence-corrected chi connectivity index (χ0v) is 15.7. The minimum atomic E-state index is -0.504. The highest BCUT2D eigenvalue weighted by molar-refractivity contribution is 5.69. The van der Waals surface area contributed by atoms with Crippen molar-refractivity contribution in [2.75, 3.05) is 11.9 Å². The molecule has 1 aliphatic rings. The first-order valence-corrected chi connectivity index (χ1v) is 8.85. The predicted octanol–water partition coefficient (Wildman–Crippen LogP) is 3.62. The molecule has 0 bridgehead atoms. The Labute approximate surface area is 153 Å². The third kappa shape index (κ3) is 4.28. The molecule has 0 aromatic carbocycles. The fourth-order valence-corrected chi connectivity index (χ4v) is 2.94. The standard InChI is InChI=1S/C19H25N5O2/c1-13-14(17-20-10-6-11-21-17)8-9-15(22-13)23-16-7-5-12-24(16)18(25)26-19(2,3)4/h6,8-11,16H,5,7,12H2,1-4H3,(H,22,23). The van der Waals surface area contributed by atoms with Gasteiger partial charge in [-0.05, 0) is 58.7 Å². The van der Waals surface area contributed by atoms with Crippen molar-refractivity contribution in [3.63, 3.8) is 0 Å².